The van der Waals surface area contributed by atoms with Gasteiger partial charge in [0.25, 0.3) is 10.1 Å². The van der Waals surface area contributed by atoms with Crippen LogP contribution in [0.2, 0.25) is 0 Å². The van der Waals surface area contributed by atoms with Gasteiger partial charge in [0.2, 0.25) is 5.44 Å². The molecule has 0 bridgehead atoms. The molecule has 1 aromatic carbocycles. The second kappa shape index (κ2) is 3.58. The summed E-state index contributed by atoms with van der Waals surface area (Å²) in [5.74, 6) is 0. The van der Waals surface area contributed by atoms with Gasteiger partial charge in [0.1, 0.15) is 0 Å². The minimum absolute atomic E-state index is 0.181. The molecule has 6 heteroatoms. The Hall–Kier alpha value is -1.37. The molecule has 0 spiro atoms. The lowest BCUT2D eigenvalue weighted by atomic mass is 10.1. The molecule has 5 nitrogen and oxygen atoms in total. The summed E-state index contributed by atoms with van der Waals surface area (Å²) in [6, 6.07) is 6.60. The number of benzene rings is 1. The summed E-state index contributed by atoms with van der Waals surface area (Å²) in [5.41, 5.74) is -0.931. The number of hydrogen-bond donors (Lipinski definition) is 2. The number of rotatable bonds is 2. The zero-order valence-corrected chi connectivity index (χ0v) is 9.35. The normalized spacial score (nSPS) is 14.2. The van der Waals surface area contributed by atoms with Crippen LogP contribution < -0.4 is 0 Å². The van der Waals surface area contributed by atoms with E-state index in [2.05, 4.69) is 0 Å². The third-order valence-corrected chi connectivity index (χ3v) is 3.33. The Balaban J connectivity index is 2.70. The molecule has 0 fully saturated rings. The van der Waals surface area contributed by atoms with E-state index in [0.29, 0.717) is 5.39 Å². The molecule has 2 aromatic rings. The number of aromatic nitrogens is 1. The number of nitrogens with zero attached hydrogens (tertiary/aromatic N) is 1. The van der Waals surface area contributed by atoms with Gasteiger partial charge in [-0.15, -0.1) is 0 Å². The van der Waals surface area contributed by atoms with Gasteiger partial charge in [-0.3, -0.25) is 4.55 Å². The van der Waals surface area contributed by atoms with E-state index in [1.54, 1.807) is 29.0 Å². The molecule has 16 heavy (non-hydrogen) atoms. The Morgan fingerprint density at radius 2 is 2.00 bits per heavy atom. The van der Waals surface area contributed by atoms with Crippen molar-refractivity contribution >= 4 is 21.0 Å². The molecule has 0 amide bonds. The fraction of sp³-hybridized carbons (Fsp3) is 0.200. The number of hydrogen-bond acceptors (Lipinski definition) is 3. The minimum Gasteiger partial charge on any atom is -0.371 e. The highest BCUT2D eigenvalue weighted by Gasteiger charge is 2.23. The molecule has 0 radical (unpaired) electrons. The minimum atomic E-state index is -4.49. The second-order valence-electron chi connectivity index (χ2n) is 3.57. The van der Waals surface area contributed by atoms with E-state index in [-0.39, 0.29) is 5.56 Å². The van der Waals surface area contributed by atoms with E-state index in [9.17, 15) is 13.5 Å². The van der Waals surface area contributed by atoms with Gasteiger partial charge in [-0.05, 0) is 12.1 Å². The number of aliphatic hydroxyl groups is 1. The molecule has 1 unspecified atom stereocenters. The summed E-state index contributed by atoms with van der Waals surface area (Å²) in [6.45, 7) is 0. The average Bonchev–Trinajstić information content (AvgIpc) is 2.58. The molecule has 1 aromatic heterocycles. The maximum Gasteiger partial charge on any atom is 0.296 e. The highest BCUT2D eigenvalue weighted by atomic mass is 32.2. The molecular weight excluding hydrogens is 230 g/mol. The van der Waals surface area contributed by atoms with Crippen LogP contribution in [-0.4, -0.2) is 22.6 Å². The van der Waals surface area contributed by atoms with Gasteiger partial charge >= 0.3 is 0 Å². The van der Waals surface area contributed by atoms with E-state index >= 15 is 0 Å². The molecule has 0 saturated heterocycles. The standard InChI is InChI=1S/C10H11NO4S/c1-11-6-5-7-8(3-2-4-9(7)11)10(12)16(13,14)15/h2-6,10,12H,1H3,(H,13,14,15). The summed E-state index contributed by atoms with van der Waals surface area (Å²) in [5, 5.41) is 10.1. The zero-order chi connectivity index (χ0) is 11.9. The first-order valence-corrected chi connectivity index (χ1v) is 6.10. The van der Waals surface area contributed by atoms with Crippen molar-refractivity contribution in [2.75, 3.05) is 0 Å². The van der Waals surface area contributed by atoms with Crippen LogP contribution >= 0.6 is 0 Å². The van der Waals surface area contributed by atoms with Crippen LogP contribution in [0.25, 0.3) is 10.9 Å². The Morgan fingerprint density at radius 3 is 2.62 bits per heavy atom. The van der Waals surface area contributed by atoms with Gasteiger partial charge in [0.05, 0.1) is 0 Å². The Bertz CT molecular complexity index is 629. The lowest BCUT2D eigenvalue weighted by Crippen LogP contribution is -2.11. The van der Waals surface area contributed by atoms with Crippen molar-refractivity contribution in [1.82, 2.24) is 4.57 Å². The molecule has 0 saturated carbocycles. The quantitative estimate of drug-likeness (QED) is 0.770. The SMILES string of the molecule is Cn1ccc2c(C(O)S(=O)(=O)O)cccc21. The van der Waals surface area contributed by atoms with Gasteiger partial charge in [0, 0.05) is 29.7 Å². The topological polar surface area (TPSA) is 79.5 Å². The molecule has 0 aliphatic rings. The van der Waals surface area contributed by atoms with E-state index in [1.165, 1.54) is 6.07 Å². The first-order valence-electron chi connectivity index (χ1n) is 4.59. The third-order valence-electron chi connectivity index (χ3n) is 2.51. The van der Waals surface area contributed by atoms with Gasteiger partial charge in [0.15, 0.2) is 0 Å². The van der Waals surface area contributed by atoms with Gasteiger partial charge in [-0.1, -0.05) is 12.1 Å². The summed E-state index contributed by atoms with van der Waals surface area (Å²) in [7, 11) is -2.68. The number of aliphatic hydroxyl groups excluding tert-OH is 1. The van der Waals surface area contributed by atoms with Crippen LogP contribution in [-0.2, 0) is 17.2 Å². The van der Waals surface area contributed by atoms with Crippen LogP contribution in [0.3, 0.4) is 0 Å². The molecule has 0 aliphatic carbocycles. The molecule has 2 N–H and O–H groups in total. The highest BCUT2D eigenvalue weighted by molar-refractivity contribution is 7.85. The van der Waals surface area contributed by atoms with Crippen molar-refractivity contribution in [3.8, 4) is 0 Å². The van der Waals surface area contributed by atoms with E-state index in [4.69, 9.17) is 4.55 Å². The van der Waals surface area contributed by atoms with Gasteiger partial charge in [-0.2, -0.15) is 8.42 Å². The summed E-state index contributed by atoms with van der Waals surface area (Å²) < 4.78 is 32.4. The molecule has 86 valence electrons. The van der Waals surface area contributed by atoms with Crippen LogP contribution in [0.4, 0.5) is 0 Å². The van der Waals surface area contributed by atoms with Crippen molar-refractivity contribution in [2.24, 2.45) is 7.05 Å². The number of fused-ring (bicyclic) bond motifs is 1. The van der Waals surface area contributed by atoms with E-state index in [0.717, 1.165) is 5.52 Å². The Kier molecular flexibility index (Phi) is 2.49. The third kappa shape index (κ3) is 1.71. The molecule has 1 heterocycles. The fourth-order valence-electron chi connectivity index (χ4n) is 1.70. The van der Waals surface area contributed by atoms with Crippen molar-refractivity contribution in [1.29, 1.82) is 0 Å². The Labute approximate surface area is 92.7 Å². The van der Waals surface area contributed by atoms with Crippen molar-refractivity contribution < 1.29 is 18.1 Å². The van der Waals surface area contributed by atoms with Gasteiger partial charge < -0.3 is 9.67 Å². The zero-order valence-electron chi connectivity index (χ0n) is 8.53. The lowest BCUT2D eigenvalue weighted by molar-refractivity contribution is 0.240. The predicted molar refractivity (Wildman–Crippen MR) is 59.4 cm³/mol. The summed E-state index contributed by atoms with van der Waals surface area (Å²) in [4.78, 5) is 0. The first-order chi connectivity index (χ1) is 7.41. The monoisotopic (exact) mass is 241 g/mol. The highest BCUT2D eigenvalue weighted by Crippen LogP contribution is 2.27. The van der Waals surface area contributed by atoms with Crippen LogP contribution in [0.1, 0.15) is 11.0 Å². The van der Waals surface area contributed by atoms with Crippen LogP contribution in [0, 0.1) is 0 Å². The number of aryl methyl sites for hydroxylation is 1. The van der Waals surface area contributed by atoms with Crippen molar-refractivity contribution in [2.45, 2.75) is 5.44 Å². The smallest absolute Gasteiger partial charge is 0.296 e. The van der Waals surface area contributed by atoms with Crippen molar-refractivity contribution in [3.05, 3.63) is 36.0 Å². The maximum atomic E-state index is 10.9. The largest absolute Gasteiger partial charge is 0.371 e. The molecule has 0 aliphatic heterocycles. The Morgan fingerprint density at radius 1 is 1.31 bits per heavy atom. The lowest BCUT2D eigenvalue weighted by Gasteiger charge is -2.09. The molecular formula is C10H11NO4S. The fourth-order valence-corrected chi connectivity index (χ4v) is 2.23. The molecule has 1 atom stereocenters. The maximum absolute atomic E-state index is 10.9. The van der Waals surface area contributed by atoms with E-state index in [1.807, 2.05) is 7.05 Å². The van der Waals surface area contributed by atoms with Crippen LogP contribution in [0.15, 0.2) is 30.5 Å². The predicted octanol–water partition coefficient (Wildman–Crippen LogP) is 1.06. The summed E-state index contributed by atoms with van der Waals surface area (Å²) >= 11 is 0. The second-order valence-corrected chi connectivity index (χ2v) is 5.05. The first kappa shape index (κ1) is 11.1. The van der Waals surface area contributed by atoms with Gasteiger partial charge in [-0.25, -0.2) is 0 Å². The van der Waals surface area contributed by atoms with Crippen molar-refractivity contribution in [3.63, 3.8) is 0 Å². The average molecular weight is 241 g/mol. The van der Waals surface area contributed by atoms with Crippen LogP contribution in [0.5, 0.6) is 0 Å². The molecule has 2 rings (SSSR count). The van der Waals surface area contributed by atoms with E-state index < -0.39 is 15.6 Å². The summed E-state index contributed by atoms with van der Waals surface area (Å²) in [6.07, 6.45) is 1.75.